The Morgan fingerprint density at radius 1 is 1.11 bits per heavy atom. The monoisotopic (exact) mass is 377 g/mol. The van der Waals surface area contributed by atoms with E-state index in [1.165, 1.54) is 0 Å². The van der Waals surface area contributed by atoms with E-state index in [9.17, 15) is 9.59 Å². The van der Waals surface area contributed by atoms with E-state index in [0.717, 1.165) is 17.7 Å². The van der Waals surface area contributed by atoms with Gasteiger partial charge < -0.3 is 14.2 Å². The molecule has 6 heteroatoms. The molecular formula is C21H31NO5. The van der Waals surface area contributed by atoms with Crippen LogP contribution in [0.2, 0.25) is 0 Å². The van der Waals surface area contributed by atoms with Gasteiger partial charge in [-0.25, -0.2) is 9.59 Å². The molecule has 2 rings (SSSR count). The normalized spacial score (nSPS) is 19.7. The Kier molecular flexibility index (Phi) is 6.73. The van der Waals surface area contributed by atoms with Crippen LogP contribution in [-0.2, 0) is 20.7 Å². The third kappa shape index (κ3) is 5.15. The van der Waals surface area contributed by atoms with E-state index in [1.807, 2.05) is 52.0 Å². The molecule has 0 spiro atoms. The smallest absolute Gasteiger partial charge is 0.411 e. The molecule has 0 N–H and O–H groups in total. The van der Waals surface area contributed by atoms with E-state index < -0.39 is 17.2 Å². The number of hydrogen-bond acceptors (Lipinski definition) is 5. The predicted octanol–water partition coefficient (Wildman–Crippen LogP) is 3.96. The van der Waals surface area contributed by atoms with Crippen LogP contribution in [0.4, 0.5) is 4.79 Å². The summed E-state index contributed by atoms with van der Waals surface area (Å²) in [4.78, 5) is 27.3. The molecule has 1 aliphatic heterocycles. The molecule has 1 saturated heterocycles. The zero-order valence-electron chi connectivity index (χ0n) is 17.0. The van der Waals surface area contributed by atoms with Crippen LogP contribution in [0.3, 0.4) is 0 Å². The topological polar surface area (TPSA) is 65.1 Å². The van der Waals surface area contributed by atoms with Crippen LogP contribution in [0, 0.1) is 0 Å². The van der Waals surface area contributed by atoms with Crippen LogP contribution in [-0.4, -0.2) is 47.9 Å². The molecule has 0 unspecified atom stereocenters. The van der Waals surface area contributed by atoms with E-state index >= 15 is 0 Å². The maximum absolute atomic E-state index is 12.9. The van der Waals surface area contributed by atoms with E-state index in [4.69, 9.17) is 14.2 Å². The molecule has 0 saturated carbocycles. The number of esters is 1. The fourth-order valence-electron chi connectivity index (χ4n) is 3.40. The lowest BCUT2D eigenvalue weighted by atomic mass is 9.88. The molecule has 1 amide bonds. The highest BCUT2D eigenvalue weighted by Gasteiger charge is 2.52. The lowest BCUT2D eigenvalue weighted by molar-refractivity contribution is -0.155. The molecule has 27 heavy (non-hydrogen) atoms. The summed E-state index contributed by atoms with van der Waals surface area (Å²) < 4.78 is 16.4. The fraction of sp³-hybridized carbons (Fsp3) is 0.619. The van der Waals surface area contributed by atoms with E-state index in [1.54, 1.807) is 11.8 Å². The zero-order chi connectivity index (χ0) is 20.1. The Balaban J connectivity index is 2.31. The third-order valence-electron chi connectivity index (χ3n) is 4.49. The van der Waals surface area contributed by atoms with Gasteiger partial charge in [0.05, 0.1) is 13.2 Å². The highest BCUT2D eigenvalue weighted by atomic mass is 16.6. The average molecular weight is 377 g/mol. The minimum atomic E-state index is -1.04. The lowest BCUT2D eigenvalue weighted by Crippen LogP contribution is -2.56. The Bertz CT molecular complexity index is 650. The van der Waals surface area contributed by atoms with Crippen molar-refractivity contribution in [2.45, 2.75) is 65.0 Å². The second-order valence-electron chi connectivity index (χ2n) is 7.74. The first-order chi connectivity index (χ1) is 12.7. The van der Waals surface area contributed by atoms with Crippen LogP contribution in [0.25, 0.3) is 0 Å². The van der Waals surface area contributed by atoms with Crippen LogP contribution in [0.15, 0.2) is 24.3 Å². The number of likely N-dealkylation sites (tertiary alicyclic amines) is 1. The third-order valence-corrected chi connectivity index (χ3v) is 4.49. The molecule has 0 aromatic heterocycles. The summed E-state index contributed by atoms with van der Waals surface area (Å²) in [5, 5.41) is 0. The van der Waals surface area contributed by atoms with Crippen molar-refractivity contribution in [3.05, 3.63) is 29.8 Å². The first-order valence-electron chi connectivity index (χ1n) is 9.61. The maximum Gasteiger partial charge on any atom is 0.411 e. The number of carbonyl (C=O) groups excluding carboxylic acids is 2. The van der Waals surface area contributed by atoms with Gasteiger partial charge >= 0.3 is 12.1 Å². The first kappa shape index (κ1) is 21.1. The highest BCUT2D eigenvalue weighted by Crippen LogP contribution is 2.36. The Labute approximate surface area is 161 Å². The van der Waals surface area contributed by atoms with E-state index in [2.05, 4.69) is 0 Å². The van der Waals surface area contributed by atoms with Crippen LogP contribution in [0.1, 0.15) is 53.0 Å². The molecule has 1 fully saturated rings. The summed E-state index contributed by atoms with van der Waals surface area (Å²) in [6.45, 7) is 10.5. The van der Waals surface area contributed by atoms with Gasteiger partial charge in [-0.2, -0.15) is 0 Å². The van der Waals surface area contributed by atoms with Gasteiger partial charge in [-0.15, -0.1) is 0 Å². The van der Waals surface area contributed by atoms with E-state index in [0.29, 0.717) is 26.0 Å². The SMILES string of the molecule is CCOC(=O)[C@@]1(Cc2ccc(OCC)cc2)CCCN1C(=O)OC(C)(C)C. The number of hydrogen-bond donors (Lipinski definition) is 0. The summed E-state index contributed by atoms with van der Waals surface area (Å²) in [5.41, 5.74) is -0.716. The van der Waals surface area contributed by atoms with Crippen molar-refractivity contribution in [3.8, 4) is 5.75 Å². The van der Waals surface area contributed by atoms with Gasteiger partial charge in [0.2, 0.25) is 0 Å². The maximum atomic E-state index is 12.9. The van der Waals surface area contributed by atoms with Crippen molar-refractivity contribution in [3.63, 3.8) is 0 Å². The fourth-order valence-corrected chi connectivity index (χ4v) is 3.40. The number of benzene rings is 1. The van der Waals surface area contributed by atoms with Gasteiger partial charge in [0, 0.05) is 13.0 Å². The standard InChI is InChI=1S/C21H31NO5/c1-6-25-17-11-9-16(10-12-17)15-21(18(23)26-7-2)13-8-14-22(21)19(24)27-20(3,4)5/h9-12H,6-8,13-15H2,1-5H3/t21-/m0/s1. The van der Waals surface area contributed by atoms with Gasteiger partial charge in [0.1, 0.15) is 16.9 Å². The van der Waals surface area contributed by atoms with Crippen molar-refractivity contribution < 1.29 is 23.8 Å². The Morgan fingerprint density at radius 2 is 1.78 bits per heavy atom. The largest absolute Gasteiger partial charge is 0.494 e. The first-order valence-corrected chi connectivity index (χ1v) is 9.61. The van der Waals surface area contributed by atoms with Crippen molar-refractivity contribution in [1.82, 2.24) is 4.90 Å². The van der Waals surface area contributed by atoms with E-state index in [-0.39, 0.29) is 12.6 Å². The second-order valence-corrected chi connectivity index (χ2v) is 7.74. The van der Waals surface area contributed by atoms with Crippen LogP contribution < -0.4 is 4.74 Å². The predicted molar refractivity (Wildman–Crippen MR) is 103 cm³/mol. The van der Waals surface area contributed by atoms with Gasteiger partial charge in [-0.05, 0) is 65.2 Å². The molecule has 0 aliphatic carbocycles. The molecule has 1 aliphatic rings. The summed E-state index contributed by atoms with van der Waals surface area (Å²) in [5.74, 6) is 0.407. The average Bonchev–Trinajstić information content (AvgIpc) is 3.01. The molecule has 1 atom stereocenters. The van der Waals surface area contributed by atoms with Crippen molar-refractivity contribution in [2.24, 2.45) is 0 Å². The molecule has 1 aromatic carbocycles. The second kappa shape index (κ2) is 8.63. The summed E-state index contributed by atoms with van der Waals surface area (Å²) in [6, 6.07) is 7.62. The minimum absolute atomic E-state index is 0.270. The van der Waals surface area contributed by atoms with Crippen LogP contribution in [0.5, 0.6) is 5.75 Å². The molecule has 1 aromatic rings. The molecule has 6 nitrogen and oxygen atoms in total. The number of rotatable bonds is 6. The molecule has 150 valence electrons. The summed E-state index contributed by atoms with van der Waals surface area (Å²) in [7, 11) is 0. The highest BCUT2D eigenvalue weighted by molar-refractivity contribution is 5.87. The van der Waals surface area contributed by atoms with Gasteiger partial charge in [-0.3, -0.25) is 4.90 Å². The molecular weight excluding hydrogens is 346 g/mol. The summed E-state index contributed by atoms with van der Waals surface area (Å²) in [6.07, 6.45) is 1.20. The molecule has 0 bridgehead atoms. The molecule has 1 heterocycles. The molecule has 0 radical (unpaired) electrons. The summed E-state index contributed by atoms with van der Waals surface area (Å²) >= 11 is 0. The Hall–Kier alpha value is -2.24. The zero-order valence-corrected chi connectivity index (χ0v) is 17.0. The Morgan fingerprint density at radius 3 is 2.33 bits per heavy atom. The number of nitrogens with zero attached hydrogens (tertiary/aromatic N) is 1. The van der Waals surface area contributed by atoms with Gasteiger partial charge in [0.25, 0.3) is 0 Å². The van der Waals surface area contributed by atoms with Gasteiger partial charge in [-0.1, -0.05) is 12.1 Å². The van der Waals surface area contributed by atoms with Gasteiger partial charge in [0.15, 0.2) is 0 Å². The van der Waals surface area contributed by atoms with Crippen LogP contribution >= 0.6 is 0 Å². The lowest BCUT2D eigenvalue weighted by Gasteiger charge is -2.37. The minimum Gasteiger partial charge on any atom is -0.494 e. The van der Waals surface area contributed by atoms with Crippen molar-refractivity contribution in [1.29, 1.82) is 0 Å². The quantitative estimate of drug-likeness (QED) is 0.702. The number of carbonyl (C=O) groups is 2. The number of ether oxygens (including phenoxy) is 3. The van der Waals surface area contributed by atoms with Crippen molar-refractivity contribution >= 4 is 12.1 Å². The van der Waals surface area contributed by atoms with Crippen molar-refractivity contribution in [2.75, 3.05) is 19.8 Å². The number of amides is 1.